The van der Waals surface area contributed by atoms with E-state index in [9.17, 15) is 9.59 Å². The smallest absolute Gasteiger partial charge is 0.343 e. The van der Waals surface area contributed by atoms with Crippen LogP contribution in [0.1, 0.15) is 36.9 Å². The van der Waals surface area contributed by atoms with Gasteiger partial charge in [-0.05, 0) is 43.2 Å². The number of aromatic nitrogens is 3. The van der Waals surface area contributed by atoms with E-state index in [1.165, 1.54) is 17.4 Å². The minimum absolute atomic E-state index is 0.102. The molecule has 2 aromatic rings. The highest BCUT2D eigenvalue weighted by Crippen LogP contribution is 2.49. The molecule has 0 radical (unpaired) electrons. The molecule has 8 heteroatoms. The van der Waals surface area contributed by atoms with E-state index < -0.39 is 0 Å². The normalized spacial score (nSPS) is 23.2. The molecule has 2 amide bonds. The third-order valence-corrected chi connectivity index (χ3v) is 5.34. The number of carbonyl (C=O) groups is 1. The van der Waals surface area contributed by atoms with Crippen LogP contribution in [0.3, 0.4) is 0 Å². The van der Waals surface area contributed by atoms with Gasteiger partial charge >= 0.3 is 11.7 Å². The second-order valence-corrected chi connectivity index (χ2v) is 6.94. The SMILES string of the molecule is Cn1c(C2C(C3CC3)CCN2C(=O)NCCc2ccco2)n[nH]c1=O. The lowest BCUT2D eigenvalue weighted by atomic mass is 9.94. The second-order valence-electron chi connectivity index (χ2n) is 6.94. The van der Waals surface area contributed by atoms with Crippen molar-refractivity contribution in [2.24, 2.45) is 18.9 Å². The number of urea groups is 1. The molecule has 2 fully saturated rings. The molecule has 1 saturated carbocycles. The Morgan fingerprint density at radius 1 is 1.44 bits per heavy atom. The minimum atomic E-state index is -0.241. The maximum Gasteiger partial charge on any atom is 0.343 e. The number of hydrogen-bond donors (Lipinski definition) is 2. The molecule has 1 aliphatic carbocycles. The molecule has 0 aromatic carbocycles. The largest absolute Gasteiger partial charge is 0.469 e. The first-order valence-electron chi connectivity index (χ1n) is 8.83. The molecule has 0 spiro atoms. The van der Waals surface area contributed by atoms with Crippen LogP contribution < -0.4 is 11.0 Å². The molecular formula is C17H23N5O3. The molecule has 4 rings (SSSR count). The molecule has 8 nitrogen and oxygen atoms in total. The zero-order valence-electron chi connectivity index (χ0n) is 14.3. The quantitative estimate of drug-likeness (QED) is 0.857. The van der Waals surface area contributed by atoms with E-state index in [0.717, 1.165) is 12.2 Å². The van der Waals surface area contributed by atoms with E-state index in [1.807, 2.05) is 17.0 Å². The topological polar surface area (TPSA) is 96.2 Å². The number of nitrogens with zero attached hydrogens (tertiary/aromatic N) is 3. The van der Waals surface area contributed by atoms with Crippen LogP contribution in [0.5, 0.6) is 0 Å². The van der Waals surface area contributed by atoms with Crippen LogP contribution in [0.4, 0.5) is 4.79 Å². The van der Waals surface area contributed by atoms with Gasteiger partial charge in [-0.1, -0.05) is 0 Å². The molecule has 2 unspecified atom stereocenters. The summed E-state index contributed by atoms with van der Waals surface area (Å²) in [4.78, 5) is 26.3. The van der Waals surface area contributed by atoms with E-state index in [0.29, 0.717) is 37.2 Å². The summed E-state index contributed by atoms with van der Waals surface area (Å²) in [5.41, 5.74) is -0.241. The molecule has 0 bridgehead atoms. The fourth-order valence-electron chi connectivity index (χ4n) is 3.87. The van der Waals surface area contributed by atoms with Gasteiger partial charge in [-0.25, -0.2) is 14.7 Å². The summed E-state index contributed by atoms with van der Waals surface area (Å²) in [6.07, 6.45) is 5.65. The van der Waals surface area contributed by atoms with Gasteiger partial charge in [0.15, 0.2) is 5.82 Å². The lowest BCUT2D eigenvalue weighted by Crippen LogP contribution is -2.42. The van der Waals surface area contributed by atoms with E-state index >= 15 is 0 Å². The molecule has 2 atom stereocenters. The van der Waals surface area contributed by atoms with Gasteiger partial charge in [-0.2, -0.15) is 5.10 Å². The van der Waals surface area contributed by atoms with Crippen molar-refractivity contribution in [2.75, 3.05) is 13.1 Å². The van der Waals surface area contributed by atoms with Crippen LogP contribution in [0, 0.1) is 11.8 Å². The van der Waals surface area contributed by atoms with E-state index in [1.54, 1.807) is 13.3 Å². The number of carbonyl (C=O) groups excluding carboxylic acids is 1. The fraction of sp³-hybridized carbons (Fsp3) is 0.588. The molecule has 2 aromatic heterocycles. The third kappa shape index (κ3) is 3.08. The minimum Gasteiger partial charge on any atom is -0.469 e. The average molecular weight is 345 g/mol. The zero-order chi connectivity index (χ0) is 17.4. The van der Waals surface area contributed by atoms with E-state index in [4.69, 9.17) is 4.42 Å². The average Bonchev–Trinajstić information content (AvgIpc) is 3.01. The monoisotopic (exact) mass is 345 g/mol. The molecule has 1 aliphatic heterocycles. The van der Waals surface area contributed by atoms with Gasteiger partial charge in [0.1, 0.15) is 5.76 Å². The Hall–Kier alpha value is -2.51. The van der Waals surface area contributed by atoms with Crippen molar-refractivity contribution in [3.05, 3.63) is 40.5 Å². The van der Waals surface area contributed by atoms with Crippen molar-refractivity contribution >= 4 is 6.03 Å². The second kappa shape index (κ2) is 6.42. The summed E-state index contributed by atoms with van der Waals surface area (Å²) >= 11 is 0. The summed E-state index contributed by atoms with van der Waals surface area (Å²) in [5, 5.41) is 9.67. The summed E-state index contributed by atoms with van der Waals surface area (Å²) in [6, 6.07) is 3.49. The predicted molar refractivity (Wildman–Crippen MR) is 89.9 cm³/mol. The molecule has 134 valence electrons. The van der Waals surface area contributed by atoms with Gasteiger partial charge in [0, 0.05) is 26.6 Å². The number of amides is 2. The Morgan fingerprint density at radius 2 is 2.28 bits per heavy atom. The van der Waals surface area contributed by atoms with Crippen LogP contribution in [0.25, 0.3) is 0 Å². The van der Waals surface area contributed by atoms with Crippen molar-refractivity contribution in [1.82, 2.24) is 25.0 Å². The number of nitrogens with one attached hydrogen (secondary N) is 2. The van der Waals surface area contributed by atoms with Crippen LogP contribution >= 0.6 is 0 Å². The Kier molecular flexibility index (Phi) is 4.10. The van der Waals surface area contributed by atoms with Gasteiger partial charge in [-0.3, -0.25) is 4.57 Å². The Balaban J connectivity index is 1.47. The number of rotatable bonds is 5. The lowest BCUT2D eigenvalue weighted by Gasteiger charge is -2.27. The summed E-state index contributed by atoms with van der Waals surface area (Å²) in [6.45, 7) is 1.21. The first-order chi connectivity index (χ1) is 12.1. The molecule has 25 heavy (non-hydrogen) atoms. The molecule has 3 heterocycles. The molecule has 1 saturated heterocycles. The number of H-pyrrole nitrogens is 1. The number of hydrogen-bond acceptors (Lipinski definition) is 4. The van der Waals surface area contributed by atoms with Crippen molar-refractivity contribution in [3.8, 4) is 0 Å². The van der Waals surface area contributed by atoms with Crippen molar-refractivity contribution in [1.29, 1.82) is 0 Å². The molecule has 2 N–H and O–H groups in total. The maximum atomic E-state index is 12.7. The van der Waals surface area contributed by atoms with Crippen LogP contribution in [0.15, 0.2) is 27.6 Å². The predicted octanol–water partition coefficient (Wildman–Crippen LogP) is 1.43. The van der Waals surface area contributed by atoms with Gasteiger partial charge < -0.3 is 14.6 Å². The number of likely N-dealkylation sites (tertiary alicyclic amines) is 1. The number of aromatic amines is 1. The zero-order valence-corrected chi connectivity index (χ0v) is 14.3. The van der Waals surface area contributed by atoms with Crippen LogP contribution in [-0.2, 0) is 13.5 Å². The Morgan fingerprint density at radius 3 is 2.92 bits per heavy atom. The van der Waals surface area contributed by atoms with E-state index in [2.05, 4.69) is 15.5 Å². The Labute approximate surface area is 145 Å². The summed E-state index contributed by atoms with van der Waals surface area (Å²) in [7, 11) is 1.70. The van der Waals surface area contributed by atoms with Crippen molar-refractivity contribution in [3.63, 3.8) is 0 Å². The fourth-order valence-corrected chi connectivity index (χ4v) is 3.87. The Bertz CT molecular complexity index is 790. The van der Waals surface area contributed by atoms with Gasteiger partial charge in [0.2, 0.25) is 0 Å². The molecule has 2 aliphatic rings. The summed E-state index contributed by atoms with van der Waals surface area (Å²) < 4.78 is 6.81. The van der Waals surface area contributed by atoms with Gasteiger partial charge in [0.25, 0.3) is 0 Å². The first kappa shape index (κ1) is 16.0. The van der Waals surface area contributed by atoms with Gasteiger partial charge in [0.05, 0.1) is 12.3 Å². The summed E-state index contributed by atoms with van der Waals surface area (Å²) in [5.74, 6) is 2.52. The van der Waals surface area contributed by atoms with Crippen LogP contribution in [-0.4, -0.2) is 38.8 Å². The lowest BCUT2D eigenvalue weighted by molar-refractivity contribution is 0.178. The highest BCUT2D eigenvalue weighted by atomic mass is 16.3. The highest BCUT2D eigenvalue weighted by Gasteiger charge is 2.47. The maximum absolute atomic E-state index is 12.7. The molecular weight excluding hydrogens is 322 g/mol. The number of furan rings is 1. The van der Waals surface area contributed by atoms with E-state index in [-0.39, 0.29) is 17.8 Å². The van der Waals surface area contributed by atoms with Crippen LogP contribution in [0.2, 0.25) is 0 Å². The highest BCUT2D eigenvalue weighted by molar-refractivity contribution is 5.75. The third-order valence-electron chi connectivity index (χ3n) is 5.34. The van der Waals surface area contributed by atoms with Crippen molar-refractivity contribution < 1.29 is 9.21 Å². The first-order valence-corrected chi connectivity index (χ1v) is 8.83. The van der Waals surface area contributed by atoms with Crippen molar-refractivity contribution in [2.45, 2.75) is 31.7 Å². The van der Waals surface area contributed by atoms with Gasteiger partial charge in [-0.15, -0.1) is 0 Å². The standard InChI is InChI=1S/C17H23N5O3/c1-21-15(19-20-17(21)24)14-13(11-4-5-11)7-9-22(14)16(23)18-8-6-12-3-2-10-25-12/h2-3,10-11,13-14H,4-9H2,1H3,(H,18,23)(H,20,24).